The van der Waals surface area contributed by atoms with Crippen molar-refractivity contribution in [2.24, 2.45) is 0 Å². The molecule has 3 aromatic rings. The van der Waals surface area contributed by atoms with Crippen molar-refractivity contribution in [3.05, 3.63) is 45.9 Å². The molecule has 0 aliphatic carbocycles. The van der Waals surface area contributed by atoms with Crippen LogP contribution in [0, 0.1) is 12.7 Å². The maximum absolute atomic E-state index is 13.5. The van der Waals surface area contributed by atoms with E-state index in [-0.39, 0.29) is 17.7 Å². The predicted octanol–water partition coefficient (Wildman–Crippen LogP) is 4.88. The van der Waals surface area contributed by atoms with E-state index in [1.165, 1.54) is 29.5 Å². The van der Waals surface area contributed by atoms with Crippen LogP contribution in [0.5, 0.6) is 0 Å². The van der Waals surface area contributed by atoms with Crippen LogP contribution in [0.25, 0.3) is 11.0 Å². The smallest absolute Gasteiger partial charge is 0.410 e. The van der Waals surface area contributed by atoms with Gasteiger partial charge in [-0.2, -0.15) is 0 Å². The SMILES string of the molecule is Cc1c(C(=O)Nc2nc3c(s2)CN(C(=O)OC(C)(C)C)CC3)oc2ccc(F)cc12. The van der Waals surface area contributed by atoms with Crippen LogP contribution in [0.2, 0.25) is 0 Å². The Morgan fingerprint density at radius 2 is 2.10 bits per heavy atom. The number of carbonyl (C=O) groups excluding carboxylic acids is 2. The number of rotatable bonds is 2. The van der Waals surface area contributed by atoms with Crippen molar-refractivity contribution in [2.75, 3.05) is 11.9 Å². The highest BCUT2D eigenvalue weighted by molar-refractivity contribution is 7.15. The number of halogens is 1. The summed E-state index contributed by atoms with van der Waals surface area (Å²) in [5.74, 6) is -0.709. The molecule has 2 amide bonds. The minimum atomic E-state index is -0.558. The lowest BCUT2D eigenvalue weighted by atomic mass is 10.1. The first-order valence-electron chi connectivity index (χ1n) is 9.57. The number of nitrogens with zero attached hydrogens (tertiary/aromatic N) is 2. The van der Waals surface area contributed by atoms with E-state index in [1.807, 2.05) is 20.8 Å². The minimum Gasteiger partial charge on any atom is -0.451 e. The van der Waals surface area contributed by atoms with Crippen LogP contribution in [0.15, 0.2) is 22.6 Å². The molecule has 0 spiro atoms. The Bertz CT molecular complexity index is 1150. The van der Waals surface area contributed by atoms with Crippen LogP contribution in [-0.4, -0.2) is 34.0 Å². The molecule has 0 saturated carbocycles. The van der Waals surface area contributed by atoms with Crippen molar-refractivity contribution in [1.29, 1.82) is 0 Å². The Balaban J connectivity index is 1.49. The number of anilines is 1. The third kappa shape index (κ3) is 4.02. The fraction of sp³-hybridized carbons (Fsp3) is 0.381. The van der Waals surface area contributed by atoms with E-state index < -0.39 is 11.5 Å². The van der Waals surface area contributed by atoms with Crippen molar-refractivity contribution >= 4 is 39.4 Å². The number of hydrogen-bond donors (Lipinski definition) is 1. The molecule has 9 heteroatoms. The summed E-state index contributed by atoms with van der Waals surface area (Å²) in [6.07, 6.45) is 0.224. The number of amides is 2. The molecule has 1 aromatic carbocycles. The van der Waals surface area contributed by atoms with Crippen molar-refractivity contribution in [2.45, 2.75) is 46.3 Å². The van der Waals surface area contributed by atoms with Gasteiger partial charge in [0.25, 0.3) is 5.91 Å². The van der Waals surface area contributed by atoms with Gasteiger partial charge < -0.3 is 14.1 Å². The molecule has 158 valence electrons. The molecule has 30 heavy (non-hydrogen) atoms. The van der Waals surface area contributed by atoms with Crippen LogP contribution in [-0.2, 0) is 17.7 Å². The molecule has 1 N–H and O–H groups in total. The molecule has 2 aromatic heterocycles. The number of benzene rings is 1. The molecule has 4 rings (SSSR count). The van der Waals surface area contributed by atoms with E-state index >= 15 is 0 Å². The standard InChI is InChI=1S/C21H22FN3O4S/c1-11-13-9-12(22)5-6-15(13)28-17(11)18(26)24-19-23-14-7-8-25(10-16(14)30-19)20(27)29-21(2,3)4/h5-6,9H,7-8,10H2,1-4H3,(H,23,24,26). The Hall–Kier alpha value is -2.94. The number of aromatic nitrogens is 1. The average molecular weight is 431 g/mol. The molecule has 0 radical (unpaired) electrons. The second-order valence-electron chi connectivity index (χ2n) is 8.19. The number of ether oxygens (including phenoxy) is 1. The average Bonchev–Trinajstić information content (AvgIpc) is 3.20. The largest absolute Gasteiger partial charge is 0.451 e. The van der Waals surface area contributed by atoms with Gasteiger partial charge in [-0.05, 0) is 45.9 Å². The van der Waals surface area contributed by atoms with Gasteiger partial charge in [-0.25, -0.2) is 14.2 Å². The summed E-state index contributed by atoms with van der Waals surface area (Å²) in [5, 5.41) is 3.75. The molecular formula is C21H22FN3O4S. The van der Waals surface area contributed by atoms with E-state index in [0.29, 0.717) is 41.2 Å². The lowest BCUT2D eigenvalue weighted by molar-refractivity contribution is 0.0225. The first-order valence-corrected chi connectivity index (χ1v) is 10.4. The van der Waals surface area contributed by atoms with Gasteiger partial charge in [0.05, 0.1) is 12.2 Å². The van der Waals surface area contributed by atoms with Crippen molar-refractivity contribution in [3.8, 4) is 0 Å². The van der Waals surface area contributed by atoms with Gasteiger partial charge in [0.15, 0.2) is 10.9 Å². The third-order valence-electron chi connectivity index (χ3n) is 4.71. The zero-order valence-corrected chi connectivity index (χ0v) is 18.0. The summed E-state index contributed by atoms with van der Waals surface area (Å²) < 4.78 is 24.5. The Morgan fingerprint density at radius 3 is 2.83 bits per heavy atom. The zero-order chi connectivity index (χ0) is 21.6. The Kier molecular flexibility index (Phi) is 5.01. The van der Waals surface area contributed by atoms with Gasteiger partial charge in [-0.1, -0.05) is 11.3 Å². The van der Waals surface area contributed by atoms with Gasteiger partial charge in [0.2, 0.25) is 0 Å². The summed E-state index contributed by atoms with van der Waals surface area (Å²) in [7, 11) is 0. The van der Waals surface area contributed by atoms with Crippen LogP contribution in [0.3, 0.4) is 0 Å². The van der Waals surface area contributed by atoms with Gasteiger partial charge in [-0.15, -0.1) is 0 Å². The van der Waals surface area contributed by atoms with Gasteiger partial charge >= 0.3 is 6.09 Å². The van der Waals surface area contributed by atoms with E-state index in [0.717, 1.165) is 10.6 Å². The molecule has 0 bridgehead atoms. The summed E-state index contributed by atoms with van der Waals surface area (Å²) in [6.45, 7) is 8.10. The highest BCUT2D eigenvalue weighted by atomic mass is 32.1. The van der Waals surface area contributed by atoms with Crippen LogP contribution in [0.1, 0.15) is 47.5 Å². The first-order chi connectivity index (χ1) is 14.1. The first kappa shape index (κ1) is 20.3. The molecule has 0 unspecified atom stereocenters. The molecule has 7 nitrogen and oxygen atoms in total. The highest BCUT2D eigenvalue weighted by Crippen LogP contribution is 2.31. The summed E-state index contributed by atoms with van der Waals surface area (Å²) in [5.41, 5.74) is 1.32. The molecule has 0 saturated heterocycles. The zero-order valence-electron chi connectivity index (χ0n) is 17.2. The van der Waals surface area contributed by atoms with Gasteiger partial charge in [0.1, 0.15) is 17.0 Å². The summed E-state index contributed by atoms with van der Waals surface area (Å²) >= 11 is 1.32. The number of aryl methyl sites for hydroxylation is 1. The quantitative estimate of drug-likeness (QED) is 0.625. The summed E-state index contributed by atoms with van der Waals surface area (Å²) in [6, 6.07) is 4.14. The topological polar surface area (TPSA) is 84.7 Å². The van der Waals surface area contributed by atoms with E-state index in [4.69, 9.17) is 9.15 Å². The van der Waals surface area contributed by atoms with Crippen molar-refractivity contribution in [1.82, 2.24) is 9.88 Å². The fourth-order valence-electron chi connectivity index (χ4n) is 3.29. The number of fused-ring (bicyclic) bond motifs is 2. The predicted molar refractivity (Wildman–Crippen MR) is 111 cm³/mol. The molecule has 0 atom stereocenters. The molecule has 1 aliphatic heterocycles. The Morgan fingerprint density at radius 1 is 1.33 bits per heavy atom. The van der Waals surface area contributed by atoms with E-state index in [9.17, 15) is 14.0 Å². The summed E-state index contributed by atoms with van der Waals surface area (Å²) in [4.78, 5) is 32.1. The van der Waals surface area contributed by atoms with Crippen molar-refractivity contribution < 1.29 is 23.1 Å². The van der Waals surface area contributed by atoms with Gasteiger partial charge in [0, 0.05) is 28.8 Å². The van der Waals surface area contributed by atoms with E-state index in [2.05, 4.69) is 10.3 Å². The molecule has 1 aliphatic rings. The maximum Gasteiger partial charge on any atom is 0.410 e. The second kappa shape index (κ2) is 7.39. The van der Waals surface area contributed by atoms with Crippen LogP contribution in [0.4, 0.5) is 14.3 Å². The number of thiazole rings is 1. The van der Waals surface area contributed by atoms with Crippen LogP contribution >= 0.6 is 11.3 Å². The normalized spacial score (nSPS) is 14.0. The number of carbonyl (C=O) groups is 2. The number of nitrogens with one attached hydrogen (secondary N) is 1. The fourth-order valence-corrected chi connectivity index (χ4v) is 4.31. The molecule has 0 fully saturated rings. The van der Waals surface area contributed by atoms with Gasteiger partial charge in [-0.3, -0.25) is 10.1 Å². The molecular weight excluding hydrogens is 409 g/mol. The highest BCUT2D eigenvalue weighted by Gasteiger charge is 2.28. The molecule has 3 heterocycles. The van der Waals surface area contributed by atoms with Crippen LogP contribution < -0.4 is 5.32 Å². The lowest BCUT2D eigenvalue weighted by Crippen LogP contribution is -2.39. The monoisotopic (exact) mass is 431 g/mol. The number of hydrogen-bond acceptors (Lipinski definition) is 6. The third-order valence-corrected chi connectivity index (χ3v) is 5.71. The Labute approximate surface area is 176 Å². The number of furan rings is 1. The maximum atomic E-state index is 13.5. The second-order valence-corrected chi connectivity index (χ2v) is 9.28. The van der Waals surface area contributed by atoms with Crippen molar-refractivity contribution in [3.63, 3.8) is 0 Å². The minimum absolute atomic E-state index is 0.124. The van der Waals surface area contributed by atoms with E-state index in [1.54, 1.807) is 11.8 Å². The lowest BCUT2D eigenvalue weighted by Gasteiger charge is -2.29.